The van der Waals surface area contributed by atoms with Crippen molar-refractivity contribution in [3.63, 3.8) is 0 Å². The molecule has 2 aromatic carbocycles. The topological polar surface area (TPSA) is 144 Å². The summed E-state index contributed by atoms with van der Waals surface area (Å²) in [6.07, 6.45) is 1.17. The largest absolute Gasteiger partial charge is 0.488 e. The number of aliphatic hydroxyl groups excluding tert-OH is 1. The third kappa shape index (κ3) is 6.92. The van der Waals surface area contributed by atoms with Gasteiger partial charge >= 0.3 is 0 Å². The lowest BCUT2D eigenvalue weighted by Crippen LogP contribution is -2.47. The molecular formula is C28H35N7O6. The lowest BCUT2D eigenvalue weighted by atomic mass is 10.0. The van der Waals surface area contributed by atoms with Crippen LogP contribution in [0.3, 0.4) is 0 Å². The van der Waals surface area contributed by atoms with Gasteiger partial charge in [0.05, 0.1) is 19.1 Å². The number of fused-ring (bicyclic) bond motifs is 2. The summed E-state index contributed by atoms with van der Waals surface area (Å²) in [5, 5.41) is 23.5. The van der Waals surface area contributed by atoms with Gasteiger partial charge in [-0.05, 0) is 60.3 Å². The number of hydrogen-bond acceptors (Lipinski definition) is 10. The van der Waals surface area contributed by atoms with Gasteiger partial charge in [-0.3, -0.25) is 14.5 Å². The fraction of sp³-hybridized carbons (Fsp3) is 0.464. The summed E-state index contributed by atoms with van der Waals surface area (Å²) in [5.74, 6) is 1.62. The Morgan fingerprint density at radius 3 is 2.78 bits per heavy atom. The average Bonchev–Trinajstić information content (AvgIpc) is 3.63. The van der Waals surface area contributed by atoms with Gasteiger partial charge in [-0.2, -0.15) is 0 Å². The molecule has 13 heteroatoms. The van der Waals surface area contributed by atoms with E-state index in [1.807, 2.05) is 32.2 Å². The van der Waals surface area contributed by atoms with Crippen LogP contribution in [0.25, 0.3) is 0 Å². The van der Waals surface area contributed by atoms with E-state index in [4.69, 9.17) is 14.2 Å². The van der Waals surface area contributed by atoms with E-state index in [1.165, 1.54) is 11.0 Å². The molecule has 0 saturated carbocycles. The summed E-state index contributed by atoms with van der Waals surface area (Å²) >= 11 is 0. The van der Waals surface area contributed by atoms with Crippen molar-refractivity contribution in [1.29, 1.82) is 0 Å². The normalized spacial score (nSPS) is 19.1. The predicted molar refractivity (Wildman–Crippen MR) is 147 cm³/mol. The number of aliphatic hydroxyl groups is 1. The van der Waals surface area contributed by atoms with Crippen LogP contribution in [-0.2, 0) is 29.1 Å². The molecule has 41 heavy (non-hydrogen) atoms. The van der Waals surface area contributed by atoms with Gasteiger partial charge in [0.15, 0.2) is 11.5 Å². The fourth-order valence-corrected chi connectivity index (χ4v) is 5.05. The highest BCUT2D eigenvalue weighted by molar-refractivity contribution is 5.91. The zero-order valence-corrected chi connectivity index (χ0v) is 23.4. The van der Waals surface area contributed by atoms with Crippen LogP contribution in [0.2, 0.25) is 0 Å². The molecule has 0 unspecified atom stereocenters. The highest BCUT2D eigenvalue weighted by atomic mass is 16.7. The van der Waals surface area contributed by atoms with E-state index in [0.717, 1.165) is 17.1 Å². The monoisotopic (exact) mass is 565 g/mol. The summed E-state index contributed by atoms with van der Waals surface area (Å²) in [5.41, 5.74) is 2.27. The van der Waals surface area contributed by atoms with Crippen LogP contribution >= 0.6 is 0 Å². The third-order valence-electron chi connectivity index (χ3n) is 7.28. The Labute approximate surface area is 238 Å². The van der Waals surface area contributed by atoms with Crippen molar-refractivity contribution in [1.82, 2.24) is 30.0 Å². The second-order valence-corrected chi connectivity index (χ2v) is 10.7. The summed E-state index contributed by atoms with van der Waals surface area (Å²) in [6, 6.07) is 10.9. The number of rotatable bonds is 9. The zero-order chi connectivity index (χ0) is 28.9. The molecule has 0 radical (unpaired) electrons. The molecule has 0 fully saturated rings. The average molecular weight is 566 g/mol. The molecule has 0 bridgehead atoms. The van der Waals surface area contributed by atoms with Crippen molar-refractivity contribution < 1.29 is 28.9 Å². The van der Waals surface area contributed by atoms with E-state index in [2.05, 4.69) is 32.7 Å². The first-order valence-electron chi connectivity index (χ1n) is 13.6. The third-order valence-corrected chi connectivity index (χ3v) is 7.28. The number of likely N-dealkylation sites (N-methyl/N-ethyl adjacent to an activating group) is 1. The molecule has 3 aromatic rings. The van der Waals surface area contributed by atoms with Crippen LogP contribution in [-0.4, -0.2) is 92.6 Å². The van der Waals surface area contributed by atoms with Gasteiger partial charge in [0, 0.05) is 36.8 Å². The molecule has 218 valence electrons. The van der Waals surface area contributed by atoms with E-state index >= 15 is 0 Å². The van der Waals surface area contributed by atoms with E-state index < -0.39 is 0 Å². The molecule has 3 atom stereocenters. The Bertz CT molecular complexity index is 1370. The van der Waals surface area contributed by atoms with Gasteiger partial charge in [-0.1, -0.05) is 13.0 Å². The number of tetrazole rings is 1. The van der Waals surface area contributed by atoms with Crippen LogP contribution in [0.1, 0.15) is 25.0 Å². The predicted octanol–water partition coefficient (Wildman–Crippen LogP) is 1.32. The molecule has 0 saturated heterocycles. The Morgan fingerprint density at radius 2 is 2.00 bits per heavy atom. The first-order valence-corrected chi connectivity index (χ1v) is 13.6. The minimum absolute atomic E-state index is 0.0335. The van der Waals surface area contributed by atoms with Gasteiger partial charge in [0.1, 0.15) is 24.7 Å². The summed E-state index contributed by atoms with van der Waals surface area (Å²) in [7, 11) is 2.02. The van der Waals surface area contributed by atoms with Crippen molar-refractivity contribution in [2.75, 3.05) is 38.9 Å². The van der Waals surface area contributed by atoms with Crippen LogP contribution < -0.4 is 19.5 Å². The maximum Gasteiger partial charge on any atom is 0.246 e. The van der Waals surface area contributed by atoms with Crippen LogP contribution in [0.15, 0.2) is 42.7 Å². The number of nitrogens with zero attached hydrogens (tertiary/aromatic N) is 6. The first kappa shape index (κ1) is 28.3. The lowest BCUT2D eigenvalue weighted by Gasteiger charge is -2.34. The molecule has 2 aliphatic heterocycles. The molecule has 13 nitrogen and oxygen atoms in total. The van der Waals surface area contributed by atoms with Crippen LogP contribution in [0, 0.1) is 5.92 Å². The number of carbonyl (C=O) groups excluding carboxylic acids is 2. The van der Waals surface area contributed by atoms with Crippen molar-refractivity contribution in [3.05, 3.63) is 53.9 Å². The van der Waals surface area contributed by atoms with E-state index in [1.54, 1.807) is 23.1 Å². The molecule has 5 rings (SSSR count). The minimum atomic E-state index is -0.349. The molecule has 2 aliphatic rings. The number of ether oxygens (including phenoxy) is 3. The van der Waals surface area contributed by atoms with E-state index in [-0.39, 0.29) is 56.2 Å². The maximum absolute atomic E-state index is 13.5. The second kappa shape index (κ2) is 12.5. The van der Waals surface area contributed by atoms with Crippen molar-refractivity contribution >= 4 is 17.5 Å². The van der Waals surface area contributed by atoms with Crippen LogP contribution in [0.5, 0.6) is 17.2 Å². The van der Waals surface area contributed by atoms with Gasteiger partial charge in [-0.15, -0.1) is 5.10 Å². The van der Waals surface area contributed by atoms with Gasteiger partial charge in [0.25, 0.3) is 0 Å². The zero-order valence-electron chi connectivity index (χ0n) is 23.4. The Balaban J connectivity index is 1.35. The van der Waals surface area contributed by atoms with Gasteiger partial charge < -0.3 is 29.5 Å². The summed E-state index contributed by atoms with van der Waals surface area (Å²) in [4.78, 5) is 29.9. The molecule has 3 heterocycles. The van der Waals surface area contributed by atoms with Crippen molar-refractivity contribution in [2.24, 2.45) is 5.92 Å². The molecule has 0 spiro atoms. The molecule has 0 aliphatic carbocycles. The molecule has 1 aromatic heterocycles. The van der Waals surface area contributed by atoms with E-state index in [0.29, 0.717) is 36.6 Å². The second-order valence-electron chi connectivity index (χ2n) is 10.7. The maximum atomic E-state index is 13.5. The highest BCUT2D eigenvalue weighted by Gasteiger charge is 2.31. The number of nitrogens with one attached hydrogen (secondary N) is 1. The standard InChI is InChI=1S/C28H35N7O6/c1-18-11-35(19(2)15-36)28(38)10-21-9-22(30-27(37)14-34-16-29-31-32-34)5-7-23(21)41-26(18)13-33(3)12-20-4-6-24-25(8-20)40-17-39-24/h4-9,16,18-19,26,36H,10-15,17H2,1-3H3,(H,30,37)/t18-,19+,26-/m0/s1. The summed E-state index contributed by atoms with van der Waals surface area (Å²) < 4.78 is 18.9. The highest BCUT2D eigenvalue weighted by Crippen LogP contribution is 2.33. The number of amides is 2. The SMILES string of the molecule is C[C@H](CO)N1C[C@H](C)[C@H](CN(C)Cc2ccc3c(c2)OCO3)Oc2ccc(NC(=O)Cn3cnnn3)cc2CC1=O. The van der Waals surface area contributed by atoms with Crippen LogP contribution in [0.4, 0.5) is 5.69 Å². The van der Waals surface area contributed by atoms with E-state index in [9.17, 15) is 14.7 Å². The van der Waals surface area contributed by atoms with Gasteiger partial charge in [-0.25, -0.2) is 4.68 Å². The quantitative estimate of drug-likeness (QED) is 0.390. The summed E-state index contributed by atoms with van der Waals surface area (Å²) in [6.45, 7) is 5.63. The molecular weight excluding hydrogens is 530 g/mol. The number of anilines is 1. The van der Waals surface area contributed by atoms with Crippen molar-refractivity contribution in [3.8, 4) is 17.2 Å². The Hall–Kier alpha value is -4.23. The number of carbonyl (C=O) groups is 2. The van der Waals surface area contributed by atoms with Gasteiger partial charge in [0.2, 0.25) is 18.6 Å². The smallest absolute Gasteiger partial charge is 0.246 e. The number of aromatic nitrogens is 4. The Kier molecular flexibility index (Phi) is 8.64. The van der Waals surface area contributed by atoms with Crippen molar-refractivity contribution in [2.45, 2.75) is 45.5 Å². The number of benzene rings is 2. The lowest BCUT2D eigenvalue weighted by molar-refractivity contribution is -0.134. The minimum Gasteiger partial charge on any atom is -0.488 e. The Morgan fingerprint density at radius 1 is 1.20 bits per heavy atom. The molecule has 2 N–H and O–H groups in total. The first-order chi connectivity index (χ1) is 19.8. The number of hydrogen-bond donors (Lipinski definition) is 2. The fourth-order valence-electron chi connectivity index (χ4n) is 5.05. The molecule has 2 amide bonds.